The number of nitrogens with zero attached hydrogens (tertiary/aromatic N) is 4. The van der Waals surface area contributed by atoms with Crippen molar-refractivity contribution in [1.82, 2.24) is 20.3 Å². The molecule has 0 saturated carbocycles. The lowest BCUT2D eigenvalue weighted by Crippen LogP contribution is -2.32. The Morgan fingerprint density at radius 3 is 2.53 bits per heavy atom. The number of nitro groups is 1. The van der Waals surface area contributed by atoms with Crippen LogP contribution in [-0.2, 0) is 4.79 Å². The zero-order chi connectivity index (χ0) is 24.8. The van der Waals surface area contributed by atoms with Crippen molar-refractivity contribution in [3.8, 4) is 11.3 Å². The number of nitrogens with two attached hydrogens (primary N) is 2. The van der Waals surface area contributed by atoms with Crippen LogP contribution in [0.1, 0.15) is 11.6 Å². The predicted octanol–water partition coefficient (Wildman–Crippen LogP) is 2.61. The van der Waals surface area contributed by atoms with E-state index in [1.165, 1.54) is 18.3 Å². The molecule has 0 saturated heterocycles. The molecule has 0 radical (unpaired) electrons. The number of carbonyl (C=O) groups excluding carboxylic acids is 1. The Morgan fingerprint density at radius 1 is 1.18 bits per heavy atom. The maximum absolute atomic E-state index is 11.9. The third-order valence-corrected chi connectivity index (χ3v) is 5.25. The van der Waals surface area contributed by atoms with E-state index in [-0.39, 0.29) is 17.5 Å². The van der Waals surface area contributed by atoms with Gasteiger partial charge in [0.2, 0.25) is 17.7 Å². The number of carbonyl (C=O) groups is 1. The van der Waals surface area contributed by atoms with Gasteiger partial charge in [0.15, 0.2) is 0 Å². The van der Waals surface area contributed by atoms with Crippen LogP contribution in [0.4, 0.5) is 23.3 Å². The van der Waals surface area contributed by atoms with Gasteiger partial charge in [-0.25, -0.2) is 15.0 Å². The van der Waals surface area contributed by atoms with Crippen LogP contribution in [0.5, 0.6) is 0 Å². The van der Waals surface area contributed by atoms with Gasteiger partial charge in [-0.05, 0) is 31.3 Å². The van der Waals surface area contributed by atoms with Gasteiger partial charge in [0.05, 0.1) is 15.6 Å². The van der Waals surface area contributed by atoms with Crippen molar-refractivity contribution in [2.45, 2.75) is 6.04 Å². The largest absolute Gasteiger partial charge is 0.378 e. The zero-order valence-corrected chi connectivity index (χ0v) is 19.4. The minimum Gasteiger partial charge on any atom is -0.378 e. The number of likely N-dealkylation sites (N-methyl/N-ethyl adjacent to an activating group) is 1. The van der Waals surface area contributed by atoms with Gasteiger partial charge in [-0.3, -0.25) is 14.9 Å². The number of pyridine rings is 1. The van der Waals surface area contributed by atoms with Crippen LogP contribution in [0, 0.1) is 10.1 Å². The highest BCUT2D eigenvalue weighted by atomic mass is 35.5. The van der Waals surface area contributed by atoms with E-state index in [1.807, 2.05) is 0 Å². The summed E-state index contributed by atoms with van der Waals surface area (Å²) in [5.41, 5.74) is 12.3. The number of rotatable bonds is 10. The Kier molecular flexibility index (Phi) is 7.99. The Balaban J connectivity index is 1.78. The first-order valence-corrected chi connectivity index (χ1v) is 10.6. The number of amides is 1. The van der Waals surface area contributed by atoms with Gasteiger partial charge >= 0.3 is 5.69 Å². The summed E-state index contributed by atoms with van der Waals surface area (Å²) in [5.74, 6) is -0.118. The van der Waals surface area contributed by atoms with Crippen molar-refractivity contribution in [3.05, 3.63) is 62.3 Å². The van der Waals surface area contributed by atoms with Gasteiger partial charge in [-0.15, -0.1) is 0 Å². The van der Waals surface area contributed by atoms with Crippen LogP contribution < -0.4 is 27.4 Å². The summed E-state index contributed by atoms with van der Waals surface area (Å²) in [7, 11) is 1.60. The van der Waals surface area contributed by atoms with E-state index in [4.69, 9.17) is 34.7 Å². The fourth-order valence-corrected chi connectivity index (χ4v) is 3.62. The van der Waals surface area contributed by atoms with Crippen LogP contribution in [0.2, 0.25) is 10.0 Å². The van der Waals surface area contributed by atoms with Crippen LogP contribution in [0.3, 0.4) is 0 Å². The molecule has 1 unspecified atom stereocenters. The van der Waals surface area contributed by atoms with E-state index in [0.29, 0.717) is 45.8 Å². The molecule has 7 N–H and O–H groups in total. The second kappa shape index (κ2) is 10.9. The third-order valence-electron chi connectivity index (χ3n) is 4.70. The standard InChI is InChI=1S/C20H21Cl2N9O3/c1-25-17(19(24)32)12-9-28-20(30-16(12)11-3-2-10(21)8-13(11)22)27-7-6-26-15-5-4-14(31(33)34)18(23)29-15/h2-5,8-9,17,25H,6-7H2,1H3,(H2,24,32)(H3,23,26,29)(H,27,28,30). The van der Waals surface area contributed by atoms with E-state index in [2.05, 4.69) is 30.9 Å². The fourth-order valence-electron chi connectivity index (χ4n) is 3.12. The molecule has 2 aromatic heterocycles. The first-order chi connectivity index (χ1) is 16.2. The van der Waals surface area contributed by atoms with E-state index in [1.54, 1.807) is 25.2 Å². The quantitative estimate of drug-likeness (QED) is 0.155. The number of benzene rings is 1. The van der Waals surface area contributed by atoms with Gasteiger partial charge in [0.25, 0.3) is 0 Å². The number of aromatic nitrogens is 3. The number of hydrogen-bond donors (Lipinski definition) is 5. The lowest BCUT2D eigenvalue weighted by molar-refractivity contribution is -0.384. The van der Waals surface area contributed by atoms with E-state index in [0.717, 1.165) is 0 Å². The Morgan fingerprint density at radius 2 is 1.91 bits per heavy atom. The number of nitrogens with one attached hydrogen (secondary N) is 3. The summed E-state index contributed by atoms with van der Waals surface area (Å²) in [4.78, 5) is 34.9. The Hall–Kier alpha value is -3.74. The minimum absolute atomic E-state index is 0.181. The second-order valence-corrected chi connectivity index (χ2v) is 7.80. The predicted molar refractivity (Wildman–Crippen MR) is 131 cm³/mol. The molecule has 2 heterocycles. The lowest BCUT2D eigenvalue weighted by Gasteiger charge is -2.18. The number of hydrogen-bond acceptors (Lipinski definition) is 10. The molecule has 3 rings (SSSR count). The van der Waals surface area contributed by atoms with Crippen molar-refractivity contribution in [3.63, 3.8) is 0 Å². The molecule has 0 aliphatic heterocycles. The molecule has 1 amide bonds. The van der Waals surface area contributed by atoms with E-state index < -0.39 is 16.9 Å². The molecule has 0 fully saturated rings. The summed E-state index contributed by atoms with van der Waals surface area (Å²) in [6.07, 6.45) is 1.49. The first kappa shape index (κ1) is 24.9. The molecule has 1 atom stereocenters. The van der Waals surface area contributed by atoms with Crippen LogP contribution in [0.15, 0.2) is 36.5 Å². The highest BCUT2D eigenvalue weighted by molar-refractivity contribution is 6.36. The lowest BCUT2D eigenvalue weighted by atomic mass is 10.0. The number of primary amides is 1. The van der Waals surface area contributed by atoms with Crippen LogP contribution >= 0.6 is 23.2 Å². The highest BCUT2D eigenvalue weighted by Gasteiger charge is 2.23. The third kappa shape index (κ3) is 5.78. The molecule has 0 bridgehead atoms. The SMILES string of the molecule is CNC(C(N)=O)c1cnc(NCCNc2ccc([N+](=O)[O-])c(N)n2)nc1-c1ccc(Cl)cc1Cl. The van der Waals surface area contributed by atoms with Crippen molar-refractivity contribution >= 4 is 52.4 Å². The van der Waals surface area contributed by atoms with E-state index in [9.17, 15) is 14.9 Å². The van der Waals surface area contributed by atoms with Crippen molar-refractivity contribution in [2.24, 2.45) is 5.73 Å². The van der Waals surface area contributed by atoms with Crippen LogP contribution in [-0.4, -0.2) is 45.9 Å². The summed E-state index contributed by atoms with van der Waals surface area (Å²) in [6, 6.07) is 6.83. The molecule has 34 heavy (non-hydrogen) atoms. The summed E-state index contributed by atoms with van der Waals surface area (Å²) in [6.45, 7) is 0.754. The molecule has 0 aliphatic carbocycles. The topological polar surface area (TPSA) is 187 Å². The fraction of sp³-hybridized carbons (Fsp3) is 0.200. The van der Waals surface area contributed by atoms with Crippen molar-refractivity contribution in [2.75, 3.05) is 36.5 Å². The second-order valence-electron chi connectivity index (χ2n) is 6.96. The summed E-state index contributed by atoms with van der Waals surface area (Å²) < 4.78 is 0. The average Bonchev–Trinajstić information content (AvgIpc) is 2.77. The maximum atomic E-state index is 11.9. The van der Waals surface area contributed by atoms with Gasteiger partial charge in [0.1, 0.15) is 11.9 Å². The average molecular weight is 506 g/mol. The zero-order valence-electron chi connectivity index (χ0n) is 17.9. The van der Waals surface area contributed by atoms with Gasteiger partial charge in [0, 0.05) is 41.5 Å². The number of anilines is 3. The van der Waals surface area contributed by atoms with Crippen LogP contribution in [0.25, 0.3) is 11.3 Å². The molecule has 0 aliphatic rings. The van der Waals surface area contributed by atoms with Gasteiger partial charge < -0.3 is 27.4 Å². The minimum atomic E-state index is -0.837. The molecular weight excluding hydrogens is 485 g/mol. The first-order valence-electron chi connectivity index (χ1n) is 9.88. The summed E-state index contributed by atoms with van der Waals surface area (Å²) >= 11 is 12.4. The molecule has 14 heteroatoms. The molecule has 1 aromatic carbocycles. The van der Waals surface area contributed by atoms with Gasteiger partial charge in [-0.1, -0.05) is 23.2 Å². The highest BCUT2D eigenvalue weighted by Crippen LogP contribution is 2.34. The van der Waals surface area contributed by atoms with Crippen molar-refractivity contribution in [1.29, 1.82) is 0 Å². The monoisotopic (exact) mass is 505 g/mol. The normalized spacial score (nSPS) is 11.6. The number of nitrogen functional groups attached to an aromatic ring is 1. The molecule has 3 aromatic rings. The molecule has 12 nitrogen and oxygen atoms in total. The smallest absolute Gasteiger partial charge is 0.311 e. The Bertz CT molecular complexity index is 1230. The Labute approximate surface area is 204 Å². The molecule has 0 spiro atoms. The molecule has 178 valence electrons. The summed E-state index contributed by atoms with van der Waals surface area (Å²) in [5, 5.41) is 20.5. The van der Waals surface area contributed by atoms with Crippen molar-refractivity contribution < 1.29 is 9.72 Å². The molecular formula is C20H21Cl2N9O3. The number of halogens is 2. The van der Waals surface area contributed by atoms with E-state index >= 15 is 0 Å². The van der Waals surface area contributed by atoms with Gasteiger partial charge in [-0.2, -0.15) is 0 Å². The maximum Gasteiger partial charge on any atom is 0.311 e.